The van der Waals surface area contributed by atoms with Crippen LogP contribution in [-0.4, -0.2) is 34.8 Å². The summed E-state index contributed by atoms with van der Waals surface area (Å²) in [5.41, 5.74) is 0.133. The highest BCUT2D eigenvalue weighted by atomic mass is 16.6. The molecule has 0 aliphatic carbocycles. The van der Waals surface area contributed by atoms with Crippen molar-refractivity contribution in [3.8, 4) is 11.5 Å². The van der Waals surface area contributed by atoms with Crippen molar-refractivity contribution < 1.29 is 23.4 Å². The van der Waals surface area contributed by atoms with Crippen LogP contribution in [0.25, 0.3) is 11.1 Å². The SMILES string of the molecule is COc1ccnc2c(=O)n([C@@H](C)C(=O)O[C@H](C(C)C)[C@H](C)Oc3ccc(C)cc3)c(=O)oc12. The zero-order valence-electron chi connectivity index (χ0n) is 19.5. The van der Waals surface area contributed by atoms with Crippen LogP contribution in [0, 0.1) is 12.8 Å². The summed E-state index contributed by atoms with van der Waals surface area (Å²) in [6.07, 6.45) is 0.261. The number of carbonyl (C=O) groups is 1. The van der Waals surface area contributed by atoms with Crippen LogP contribution in [0.15, 0.2) is 50.5 Å². The average Bonchev–Trinajstić information content (AvgIpc) is 2.78. The number of nitrogens with zero attached hydrogens (tertiary/aromatic N) is 2. The molecule has 0 unspecified atom stereocenters. The van der Waals surface area contributed by atoms with E-state index < -0.39 is 35.5 Å². The van der Waals surface area contributed by atoms with Crippen molar-refractivity contribution in [2.24, 2.45) is 5.92 Å². The number of hydrogen-bond acceptors (Lipinski definition) is 8. The molecule has 2 aromatic heterocycles. The van der Waals surface area contributed by atoms with Crippen molar-refractivity contribution in [3.63, 3.8) is 0 Å². The predicted octanol–water partition coefficient (Wildman–Crippen LogP) is 3.26. The molecule has 3 atom stereocenters. The standard InChI is InChI=1S/C24H28N2O7/c1-13(2)20(16(5)31-17-9-7-14(3)8-10-17)32-23(28)15(4)26-22(27)19-21(33-24(26)29)18(30-6)11-12-25-19/h7-13,15-16,20H,1-6H3/t15-,16-,20+/m0/s1. The number of fused-ring (bicyclic) bond motifs is 1. The van der Waals surface area contributed by atoms with Crippen LogP contribution in [0.1, 0.15) is 39.3 Å². The molecule has 0 N–H and O–H groups in total. The van der Waals surface area contributed by atoms with Gasteiger partial charge in [-0.3, -0.25) is 4.79 Å². The Labute approximate surface area is 190 Å². The van der Waals surface area contributed by atoms with Gasteiger partial charge in [0.1, 0.15) is 24.0 Å². The van der Waals surface area contributed by atoms with Crippen molar-refractivity contribution in [3.05, 3.63) is 63.0 Å². The number of rotatable bonds is 8. The molecule has 0 aliphatic rings. The van der Waals surface area contributed by atoms with Gasteiger partial charge in [-0.25, -0.2) is 19.1 Å². The molecule has 3 rings (SSSR count). The number of aryl methyl sites for hydroxylation is 1. The highest BCUT2D eigenvalue weighted by Crippen LogP contribution is 2.22. The summed E-state index contributed by atoms with van der Waals surface area (Å²) < 4.78 is 22.7. The fraction of sp³-hybridized carbons (Fsp3) is 0.417. The fourth-order valence-corrected chi connectivity index (χ4v) is 3.52. The van der Waals surface area contributed by atoms with E-state index in [1.807, 2.05) is 45.0 Å². The molecule has 0 saturated heterocycles. The first-order valence-corrected chi connectivity index (χ1v) is 10.7. The van der Waals surface area contributed by atoms with Crippen LogP contribution >= 0.6 is 0 Å². The lowest BCUT2D eigenvalue weighted by molar-refractivity contribution is -0.160. The van der Waals surface area contributed by atoms with Gasteiger partial charge in [0.25, 0.3) is 5.56 Å². The minimum atomic E-state index is -1.24. The third kappa shape index (κ3) is 5.08. The van der Waals surface area contributed by atoms with E-state index in [2.05, 4.69) is 4.98 Å². The summed E-state index contributed by atoms with van der Waals surface area (Å²) in [6.45, 7) is 8.96. The van der Waals surface area contributed by atoms with Gasteiger partial charge in [-0.15, -0.1) is 0 Å². The number of pyridine rings is 1. The third-order valence-corrected chi connectivity index (χ3v) is 5.34. The molecule has 0 bridgehead atoms. The van der Waals surface area contributed by atoms with Crippen molar-refractivity contribution in [1.82, 2.24) is 9.55 Å². The monoisotopic (exact) mass is 456 g/mol. The Kier molecular flexibility index (Phi) is 7.20. The normalized spacial score (nSPS) is 14.0. The number of hydrogen-bond donors (Lipinski definition) is 0. The zero-order valence-corrected chi connectivity index (χ0v) is 19.5. The number of carbonyl (C=O) groups excluding carboxylic acids is 1. The lowest BCUT2D eigenvalue weighted by Crippen LogP contribution is -2.43. The quantitative estimate of drug-likeness (QED) is 0.475. The minimum Gasteiger partial charge on any atom is -0.493 e. The summed E-state index contributed by atoms with van der Waals surface area (Å²) in [4.78, 5) is 42.5. The Morgan fingerprint density at radius 1 is 1.06 bits per heavy atom. The van der Waals surface area contributed by atoms with Crippen molar-refractivity contribution in [2.75, 3.05) is 7.11 Å². The molecule has 2 heterocycles. The Morgan fingerprint density at radius 3 is 2.33 bits per heavy atom. The second-order valence-corrected chi connectivity index (χ2v) is 8.19. The Hall–Kier alpha value is -3.62. The summed E-state index contributed by atoms with van der Waals surface area (Å²) in [6, 6.07) is 7.77. The minimum absolute atomic E-state index is 0.0769. The molecule has 3 aromatic rings. The molecule has 0 spiro atoms. The molecular formula is C24H28N2O7. The van der Waals surface area contributed by atoms with Gasteiger partial charge in [-0.1, -0.05) is 31.5 Å². The maximum atomic E-state index is 13.0. The summed E-state index contributed by atoms with van der Waals surface area (Å²) in [7, 11) is 1.38. The van der Waals surface area contributed by atoms with E-state index in [1.54, 1.807) is 6.92 Å². The van der Waals surface area contributed by atoms with Gasteiger partial charge in [-0.05, 0) is 38.8 Å². The number of ether oxygens (including phenoxy) is 3. The number of aromatic nitrogens is 2. The van der Waals surface area contributed by atoms with Gasteiger partial charge >= 0.3 is 11.7 Å². The van der Waals surface area contributed by atoms with E-state index in [0.29, 0.717) is 10.3 Å². The van der Waals surface area contributed by atoms with Gasteiger partial charge in [0.05, 0.1) is 7.11 Å². The lowest BCUT2D eigenvalue weighted by Gasteiger charge is -2.29. The van der Waals surface area contributed by atoms with Crippen LogP contribution in [0.5, 0.6) is 11.5 Å². The number of benzene rings is 1. The first kappa shape index (κ1) is 24.0. The highest BCUT2D eigenvalue weighted by molar-refractivity contribution is 5.78. The second-order valence-electron chi connectivity index (χ2n) is 8.19. The van der Waals surface area contributed by atoms with Crippen LogP contribution in [-0.2, 0) is 9.53 Å². The molecular weight excluding hydrogens is 428 g/mol. The predicted molar refractivity (Wildman–Crippen MR) is 122 cm³/mol. The van der Waals surface area contributed by atoms with Crippen molar-refractivity contribution in [1.29, 1.82) is 0 Å². The molecule has 0 saturated carbocycles. The summed E-state index contributed by atoms with van der Waals surface area (Å²) in [5.74, 6) is -1.01. The van der Waals surface area contributed by atoms with Gasteiger partial charge in [0, 0.05) is 12.3 Å². The van der Waals surface area contributed by atoms with E-state index in [4.69, 9.17) is 18.6 Å². The number of esters is 1. The fourth-order valence-electron chi connectivity index (χ4n) is 3.52. The van der Waals surface area contributed by atoms with Crippen LogP contribution in [0.2, 0.25) is 0 Å². The van der Waals surface area contributed by atoms with Gasteiger partial charge in [0.2, 0.25) is 5.58 Å². The maximum absolute atomic E-state index is 13.0. The van der Waals surface area contributed by atoms with E-state index in [1.165, 1.54) is 26.3 Å². The molecule has 0 radical (unpaired) electrons. The van der Waals surface area contributed by atoms with E-state index in [9.17, 15) is 14.4 Å². The summed E-state index contributed by atoms with van der Waals surface area (Å²) >= 11 is 0. The van der Waals surface area contributed by atoms with Crippen molar-refractivity contribution >= 4 is 17.1 Å². The third-order valence-electron chi connectivity index (χ3n) is 5.34. The largest absolute Gasteiger partial charge is 0.493 e. The number of methoxy groups -OCH3 is 1. The highest BCUT2D eigenvalue weighted by Gasteiger charge is 2.31. The molecule has 1 aromatic carbocycles. The zero-order chi connectivity index (χ0) is 24.3. The molecule has 0 amide bonds. The molecule has 9 nitrogen and oxygen atoms in total. The smallest absolute Gasteiger partial charge is 0.423 e. The second kappa shape index (κ2) is 9.89. The van der Waals surface area contributed by atoms with Gasteiger partial charge in [0.15, 0.2) is 11.3 Å². The Balaban J connectivity index is 1.86. The Bertz CT molecular complexity index is 1240. The van der Waals surface area contributed by atoms with Crippen molar-refractivity contribution in [2.45, 2.75) is 52.9 Å². The Morgan fingerprint density at radius 2 is 1.73 bits per heavy atom. The van der Waals surface area contributed by atoms with E-state index in [-0.39, 0.29) is 22.8 Å². The lowest BCUT2D eigenvalue weighted by atomic mass is 10.0. The van der Waals surface area contributed by atoms with Crippen LogP contribution in [0.4, 0.5) is 0 Å². The molecule has 9 heteroatoms. The van der Waals surface area contributed by atoms with Crippen LogP contribution in [0.3, 0.4) is 0 Å². The van der Waals surface area contributed by atoms with E-state index in [0.717, 1.165) is 5.56 Å². The first-order chi connectivity index (χ1) is 15.6. The van der Waals surface area contributed by atoms with Gasteiger partial charge in [-0.2, -0.15) is 0 Å². The topological polar surface area (TPSA) is 110 Å². The first-order valence-electron chi connectivity index (χ1n) is 10.7. The van der Waals surface area contributed by atoms with Crippen LogP contribution < -0.4 is 20.8 Å². The molecule has 33 heavy (non-hydrogen) atoms. The molecule has 176 valence electrons. The molecule has 0 aliphatic heterocycles. The van der Waals surface area contributed by atoms with Gasteiger partial charge < -0.3 is 18.6 Å². The maximum Gasteiger partial charge on any atom is 0.423 e. The summed E-state index contributed by atoms with van der Waals surface area (Å²) in [5, 5.41) is 0. The molecule has 0 fully saturated rings. The van der Waals surface area contributed by atoms with E-state index >= 15 is 0 Å². The average molecular weight is 456 g/mol.